The number of allylic oxidation sites excluding steroid dienone is 16. The van der Waals surface area contributed by atoms with E-state index < -0.39 is 45.1 Å². The fourth-order valence-electron chi connectivity index (χ4n) is 6.28. The number of esters is 1. The third-order valence-electron chi connectivity index (χ3n) is 10.1. The standard InChI is InChI=1S/C53H90NO9P/c1-3-5-7-9-11-13-15-17-19-21-23-24-25-26-27-28-30-32-34-36-38-40-42-44-46-60-47-50(48-61-64(58,59)62-49-51(54)53(56)57)63-52(55)45-43-41-39-37-35-33-31-29-22-20-18-16-14-12-10-8-6-4-2/h5,7,11,13-14,16-17,19-20,22-24,26-27,30,32,50-51H,3-4,6,8-10,12,15,18,21,25,28-29,31,33-49,54H2,1-2H3,(H,56,57)(H,58,59)/b7-5-,13-11-,16-14-,19-17-,22-20-,24-23-,27-26-,32-30-. The molecule has 0 rings (SSSR count). The number of unbranched alkanes of at least 4 members (excludes halogenated alkanes) is 16. The van der Waals surface area contributed by atoms with Crippen molar-refractivity contribution < 1.29 is 42.7 Å². The van der Waals surface area contributed by atoms with Crippen LogP contribution in [0.25, 0.3) is 0 Å². The van der Waals surface area contributed by atoms with Crippen molar-refractivity contribution in [3.63, 3.8) is 0 Å². The highest BCUT2D eigenvalue weighted by atomic mass is 31.2. The molecule has 0 aliphatic carbocycles. The average molecular weight is 916 g/mol. The van der Waals surface area contributed by atoms with Crippen LogP contribution in [-0.4, -0.2) is 60.5 Å². The molecule has 0 bridgehead atoms. The van der Waals surface area contributed by atoms with E-state index in [0.29, 0.717) is 13.0 Å². The quantitative estimate of drug-likeness (QED) is 0.0233. The van der Waals surface area contributed by atoms with Crippen LogP contribution in [0.1, 0.15) is 187 Å². The first-order valence-corrected chi connectivity index (χ1v) is 26.3. The highest BCUT2D eigenvalue weighted by Gasteiger charge is 2.27. The van der Waals surface area contributed by atoms with E-state index >= 15 is 0 Å². The lowest BCUT2D eigenvalue weighted by Crippen LogP contribution is -2.34. The van der Waals surface area contributed by atoms with Crippen LogP contribution in [0.4, 0.5) is 0 Å². The molecule has 64 heavy (non-hydrogen) atoms. The number of phosphoric ester groups is 1. The van der Waals surface area contributed by atoms with E-state index in [1.54, 1.807) is 0 Å². The van der Waals surface area contributed by atoms with Gasteiger partial charge in [0.15, 0.2) is 0 Å². The van der Waals surface area contributed by atoms with Crippen LogP contribution in [0.2, 0.25) is 0 Å². The first-order valence-electron chi connectivity index (χ1n) is 24.8. The van der Waals surface area contributed by atoms with Gasteiger partial charge in [-0.15, -0.1) is 0 Å². The Morgan fingerprint density at radius 2 is 0.906 bits per heavy atom. The molecule has 0 aliphatic heterocycles. The maximum atomic E-state index is 12.7. The SMILES string of the molecule is CC/C=C\C/C=C\C/C=C\C/C=C\C/C=C\C/C=C\CCCCCCCOCC(COP(=O)(O)OCC(N)C(=O)O)OC(=O)CCCCCCCCC/C=C\C/C=C\CCCCCC. The highest BCUT2D eigenvalue weighted by Crippen LogP contribution is 2.43. The summed E-state index contributed by atoms with van der Waals surface area (Å²) in [7, 11) is -4.64. The maximum Gasteiger partial charge on any atom is 0.472 e. The molecule has 4 N–H and O–H groups in total. The molecule has 0 heterocycles. The van der Waals surface area contributed by atoms with Gasteiger partial charge in [0.1, 0.15) is 12.1 Å². The first kappa shape index (κ1) is 60.9. The van der Waals surface area contributed by atoms with Gasteiger partial charge in [0, 0.05) is 13.0 Å². The number of carboxylic acids is 1. The monoisotopic (exact) mass is 916 g/mol. The number of rotatable bonds is 46. The number of carbonyl (C=O) groups excluding carboxylic acids is 1. The Labute approximate surface area is 389 Å². The molecule has 3 unspecified atom stereocenters. The molecule has 11 heteroatoms. The Morgan fingerprint density at radius 3 is 1.36 bits per heavy atom. The van der Waals surface area contributed by atoms with Crippen LogP contribution < -0.4 is 5.73 Å². The summed E-state index contributed by atoms with van der Waals surface area (Å²) in [5.41, 5.74) is 5.37. The number of phosphoric acid groups is 1. The lowest BCUT2D eigenvalue weighted by Gasteiger charge is -2.20. The molecule has 10 nitrogen and oxygen atoms in total. The number of hydrogen-bond acceptors (Lipinski definition) is 8. The number of ether oxygens (including phenoxy) is 2. The molecule has 0 saturated heterocycles. The molecule has 0 radical (unpaired) electrons. The molecular formula is C53H90NO9P. The van der Waals surface area contributed by atoms with E-state index in [0.717, 1.165) is 109 Å². The minimum Gasteiger partial charge on any atom is -0.480 e. The molecule has 0 aromatic rings. The zero-order valence-electron chi connectivity index (χ0n) is 40.1. The summed E-state index contributed by atoms with van der Waals surface area (Å²) < 4.78 is 33.5. The van der Waals surface area contributed by atoms with E-state index in [9.17, 15) is 19.0 Å². The predicted molar refractivity (Wildman–Crippen MR) is 267 cm³/mol. The van der Waals surface area contributed by atoms with E-state index in [4.69, 9.17) is 29.4 Å². The first-order chi connectivity index (χ1) is 31.2. The largest absolute Gasteiger partial charge is 0.480 e. The zero-order chi connectivity index (χ0) is 46.9. The Morgan fingerprint density at radius 1 is 0.516 bits per heavy atom. The van der Waals surface area contributed by atoms with E-state index in [2.05, 4.69) is 111 Å². The van der Waals surface area contributed by atoms with Crippen LogP contribution in [-0.2, 0) is 32.7 Å². The number of nitrogens with two attached hydrogens (primary N) is 1. The molecule has 0 aromatic carbocycles. The Balaban J connectivity index is 4.25. The van der Waals surface area contributed by atoms with Crippen molar-refractivity contribution in [1.29, 1.82) is 0 Å². The minimum atomic E-state index is -4.64. The Hall–Kier alpha value is -3.11. The Bertz CT molecular complexity index is 1380. The van der Waals surface area contributed by atoms with E-state index in [-0.39, 0.29) is 13.0 Å². The second kappa shape index (κ2) is 47.8. The number of carboxylic acid groups (broad SMARTS) is 1. The summed E-state index contributed by atoms with van der Waals surface area (Å²) in [5, 5.41) is 8.92. The van der Waals surface area contributed by atoms with Crippen LogP contribution in [0.15, 0.2) is 97.2 Å². The Kier molecular flexibility index (Phi) is 45.5. The van der Waals surface area contributed by atoms with Crippen molar-refractivity contribution in [1.82, 2.24) is 0 Å². The zero-order valence-corrected chi connectivity index (χ0v) is 41.0. The second-order valence-corrected chi connectivity index (χ2v) is 17.7. The summed E-state index contributed by atoms with van der Waals surface area (Å²) in [5.74, 6) is -1.80. The summed E-state index contributed by atoms with van der Waals surface area (Å²) in [4.78, 5) is 33.7. The van der Waals surface area contributed by atoms with E-state index in [1.165, 1.54) is 51.4 Å². The van der Waals surface area contributed by atoms with Crippen molar-refractivity contribution in [2.45, 2.75) is 199 Å². The average Bonchev–Trinajstić information content (AvgIpc) is 3.28. The maximum absolute atomic E-state index is 12.7. The summed E-state index contributed by atoms with van der Waals surface area (Å²) in [6.07, 6.45) is 63.1. The van der Waals surface area contributed by atoms with Gasteiger partial charge in [-0.1, -0.05) is 182 Å². The molecule has 0 spiro atoms. The third kappa shape index (κ3) is 46.9. The van der Waals surface area contributed by atoms with Gasteiger partial charge >= 0.3 is 19.8 Å². The van der Waals surface area contributed by atoms with Crippen molar-refractivity contribution in [3.8, 4) is 0 Å². The van der Waals surface area contributed by atoms with Crippen LogP contribution >= 0.6 is 7.82 Å². The fourth-order valence-corrected chi connectivity index (χ4v) is 7.06. The van der Waals surface area contributed by atoms with E-state index in [1.807, 2.05) is 0 Å². The van der Waals surface area contributed by atoms with Crippen LogP contribution in [0.5, 0.6) is 0 Å². The van der Waals surface area contributed by atoms with Crippen LogP contribution in [0.3, 0.4) is 0 Å². The van der Waals surface area contributed by atoms with Gasteiger partial charge in [0.05, 0.1) is 19.8 Å². The van der Waals surface area contributed by atoms with Crippen molar-refractivity contribution >= 4 is 19.8 Å². The van der Waals surface area contributed by atoms with Crippen molar-refractivity contribution in [2.24, 2.45) is 5.73 Å². The molecule has 3 atom stereocenters. The molecule has 0 saturated carbocycles. The number of aliphatic carboxylic acids is 1. The lowest BCUT2D eigenvalue weighted by atomic mass is 10.1. The molecular weight excluding hydrogens is 826 g/mol. The smallest absolute Gasteiger partial charge is 0.472 e. The van der Waals surface area contributed by atoms with Gasteiger partial charge in [-0.25, -0.2) is 4.57 Å². The van der Waals surface area contributed by atoms with Gasteiger partial charge in [0.25, 0.3) is 0 Å². The summed E-state index contributed by atoms with van der Waals surface area (Å²) in [6.45, 7) is 3.69. The van der Waals surface area contributed by atoms with Gasteiger partial charge in [-0.2, -0.15) is 0 Å². The predicted octanol–water partition coefficient (Wildman–Crippen LogP) is 14.5. The third-order valence-corrected chi connectivity index (χ3v) is 11.0. The van der Waals surface area contributed by atoms with Gasteiger partial charge in [0.2, 0.25) is 0 Å². The molecule has 366 valence electrons. The summed E-state index contributed by atoms with van der Waals surface area (Å²) >= 11 is 0. The molecule has 0 aliphatic rings. The topological polar surface area (TPSA) is 155 Å². The van der Waals surface area contributed by atoms with Gasteiger partial charge < -0.3 is 25.2 Å². The van der Waals surface area contributed by atoms with Gasteiger partial charge in [-0.05, 0) is 96.3 Å². The van der Waals surface area contributed by atoms with Crippen LogP contribution in [0, 0.1) is 0 Å². The minimum absolute atomic E-state index is 0.00588. The molecule has 0 amide bonds. The normalized spacial score (nSPS) is 14.6. The van der Waals surface area contributed by atoms with Crippen molar-refractivity contribution in [2.75, 3.05) is 26.4 Å². The molecule has 0 aromatic heterocycles. The fraction of sp³-hybridized carbons (Fsp3) is 0.660. The second-order valence-electron chi connectivity index (χ2n) is 16.2. The van der Waals surface area contributed by atoms with Crippen molar-refractivity contribution in [3.05, 3.63) is 97.2 Å². The van der Waals surface area contributed by atoms with Gasteiger partial charge in [-0.3, -0.25) is 18.6 Å². The summed E-state index contributed by atoms with van der Waals surface area (Å²) in [6, 6.07) is -1.48. The highest BCUT2D eigenvalue weighted by molar-refractivity contribution is 7.47. The number of hydrogen-bond donors (Lipinski definition) is 3. The number of carbonyl (C=O) groups is 2. The lowest BCUT2D eigenvalue weighted by molar-refractivity contribution is -0.154. The molecule has 0 fully saturated rings.